The molecule has 0 radical (unpaired) electrons. The number of H-pyrrole nitrogens is 1. The maximum absolute atomic E-state index is 13.9. The SMILES string of the molecule is COc1cc(NC(=O)c2cc(F)cc(-c3cnc[nH]3)c2)ccc1NS(C)(=O)=O.O=CO. The van der Waals surface area contributed by atoms with E-state index in [9.17, 15) is 17.6 Å². The maximum Gasteiger partial charge on any atom is 0.290 e. The normalized spacial score (nSPS) is 10.4. The number of sulfonamides is 1. The molecule has 2 aromatic carbocycles. The summed E-state index contributed by atoms with van der Waals surface area (Å²) < 4.78 is 44.2. The summed E-state index contributed by atoms with van der Waals surface area (Å²) in [4.78, 5) is 27.6. The van der Waals surface area contributed by atoms with Crippen LogP contribution in [0.3, 0.4) is 0 Å². The Kier molecular flexibility index (Phi) is 7.69. The lowest BCUT2D eigenvalue weighted by atomic mass is 10.1. The van der Waals surface area contributed by atoms with Crippen LogP contribution in [0.2, 0.25) is 0 Å². The summed E-state index contributed by atoms with van der Waals surface area (Å²) in [6.45, 7) is -0.250. The number of carbonyl (C=O) groups excluding carboxylic acids is 1. The van der Waals surface area contributed by atoms with Crippen LogP contribution in [0.25, 0.3) is 11.3 Å². The average Bonchev–Trinajstić information content (AvgIpc) is 3.23. The van der Waals surface area contributed by atoms with E-state index in [2.05, 4.69) is 20.0 Å². The van der Waals surface area contributed by atoms with Gasteiger partial charge in [0.25, 0.3) is 12.4 Å². The maximum atomic E-state index is 13.9. The molecule has 1 heterocycles. The Morgan fingerprint density at radius 2 is 1.97 bits per heavy atom. The zero-order valence-corrected chi connectivity index (χ0v) is 17.2. The van der Waals surface area contributed by atoms with Crippen molar-refractivity contribution in [2.45, 2.75) is 0 Å². The number of methoxy groups -OCH3 is 1. The zero-order chi connectivity index (χ0) is 23.0. The molecule has 1 amide bonds. The number of benzene rings is 2. The van der Waals surface area contributed by atoms with Crippen molar-refractivity contribution in [1.29, 1.82) is 0 Å². The minimum absolute atomic E-state index is 0.113. The number of anilines is 2. The predicted molar refractivity (Wildman–Crippen MR) is 112 cm³/mol. The molecule has 0 fully saturated rings. The van der Waals surface area contributed by atoms with Crippen molar-refractivity contribution in [3.63, 3.8) is 0 Å². The van der Waals surface area contributed by atoms with Crippen LogP contribution in [0.15, 0.2) is 48.9 Å². The first-order chi connectivity index (χ1) is 14.7. The van der Waals surface area contributed by atoms with Gasteiger partial charge in [0.2, 0.25) is 10.0 Å². The van der Waals surface area contributed by atoms with E-state index in [4.69, 9.17) is 14.6 Å². The van der Waals surface area contributed by atoms with Gasteiger partial charge in [-0.25, -0.2) is 17.8 Å². The number of amides is 1. The minimum Gasteiger partial charge on any atom is -0.494 e. The molecule has 0 unspecified atom stereocenters. The van der Waals surface area contributed by atoms with Gasteiger partial charge < -0.3 is 20.1 Å². The molecular weight excluding hydrogens is 431 g/mol. The Balaban J connectivity index is 0.00000107. The molecule has 31 heavy (non-hydrogen) atoms. The summed E-state index contributed by atoms with van der Waals surface area (Å²) in [6.07, 6.45) is 4.00. The smallest absolute Gasteiger partial charge is 0.290 e. The highest BCUT2D eigenvalue weighted by atomic mass is 32.2. The summed E-state index contributed by atoms with van der Waals surface area (Å²) in [6, 6.07) is 8.36. The monoisotopic (exact) mass is 450 g/mol. The van der Waals surface area contributed by atoms with Crippen LogP contribution in [0, 0.1) is 5.82 Å². The average molecular weight is 450 g/mol. The molecule has 3 rings (SSSR count). The van der Waals surface area contributed by atoms with Gasteiger partial charge in [-0.05, 0) is 30.3 Å². The molecule has 10 nitrogen and oxygen atoms in total. The number of imidazole rings is 1. The first-order valence-corrected chi connectivity index (χ1v) is 10.4. The highest BCUT2D eigenvalue weighted by molar-refractivity contribution is 7.92. The van der Waals surface area contributed by atoms with Crippen molar-refractivity contribution in [3.8, 4) is 17.0 Å². The molecule has 3 aromatic rings. The van der Waals surface area contributed by atoms with E-state index in [0.29, 0.717) is 16.9 Å². The number of hydrogen-bond acceptors (Lipinski definition) is 6. The molecule has 0 bridgehead atoms. The second kappa shape index (κ2) is 10.2. The number of nitrogens with one attached hydrogen (secondary N) is 3. The van der Waals surface area contributed by atoms with Crippen molar-refractivity contribution in [2.75, 3.05) is 23.4 Å². The van der Waals surface area contributed by atoms with Crippen LogP contribution < -0.4 is 14.8 Å². The highest BCUT2D eigenvalue weighted by Crippen LogP contribution is 2.29. The Morgan fingerprint density at radius 1 is 1.26 bits per heavy atom. The van der Waals surface area contributed by atoms with Crippen LogP contribution in [-0.2, 0) is 14.8 Å². The fourth-order valence-electron chi connectivity index (χ4n) is 2.55. The molecule has 0 spiro atoms. The van der Waals surface area contributed by atoms with Crippen LogP contribution in [0.5, 0.6) is 5.75 Å². The lowest BCUT2D eigenvalue weighted by molar-refractivity contribution is -0.122. The third kappa shape index (κ3) is 6.82. The molecule has 164 valence electrons. The van der Waals surface area contributed by atoms with E-state index in [-0.39, 0.29) is 23.5 Å². The summed E-state index contributed by atoms with van der Waals surface area (Å²) in [7, 11) is -2.11. The summed E-state index contributed by atoms with van der Waals surface area (Å²) >= 11 is 0. The van der Waals surface area contributed by atoms with Crippen LogP contribution in [0.1, 0.15) is 10.4 Å². The van der Waals surface area contributed by atoms with Gasteiger partial charge in [0.1, 0.15) is 11.6 Å². The van der Waals surface area contributed by atoms with Crippen LogP contribution in [0.4, 0.5) is 15.8 Å². The fourth-order valence-corrected chi connectivity index (χ4v) is 3.11. The van der Waals surface area contributed by atoms with Crippen molar-refractivity contribution >= 4 is 33.8 Å². The second-order valence-corrected chi connectivity index (χ2v) is 7.79. The largest absolute Gasteiger partial charge is 0.494 e. The second-order valence-electron chi connectivity index (χ2n) is 6.04. The molecule has 12 heteroatoms. The first-order valence-electron chi connectivity index (χ1n) is 8.51. The van der Waals surface area contributed by atoms with Gasteiger partial charge in [0.05, 0.1) is 37.3 Å². The lowest BCUT2D eigenvalue weighted by Crippen LogP contribution is -2.13. The highest BCUT2D eigenvalue weighted by Gasteiger charge is 2.14. The molecule has 0 aliphatic carbocycles. The molecule has 0 aliphatic rings. The van der Waals surface area contributed by atoms with Gasteiger partial charge in [0, 0.05) is 22.9 Å². The van der Waals surface area contributed by atoms with Crippen molar-refractivity contribution in [3.05, 3.63) is 60.3 Å². The van der Waals surface area contributed by atoms with E-state index in [1.54, 1.807) is 0 Å². The van der Waals surface area contributed by atoms with Crippen molar-refractivity contribution in [1.82, 2.24) is 9.97 Å². The van der Waals surface area contributed by atoms with Crippen LogP contribution >= 0.6 is 0 Å². The van der Waals surface area contributed by atoms with Crippen LogP contribution in [-0.4, -0.2) is 49.2 Å². The molecule has 4 N–H and O–H groups in total. The summed E-state index contributed by atoms with van der Waals surface area (Å²) in [5.74, 6) is -0.880. The van der Waals surface area contributed by atoms with Gasteiger partial charge in [-0.3, -0.25) is 14.3 Å². The number of ether oxygens (including phenoxy) is 1. The fraction of sp³-hybridized carbons (Fsp3) is 0.105. The van der Waals surface area contributed by atoms with Crippen molar-refractivity contribution in [2.24, 2.45) is 0 Å². The molecule has 0 saturated heterocycles. The third-order valence-corrected chi connectivity index (χ3v) is 4.31. The van der Waals surface area contributed by atoms with Gasteiger partial charge in [-0.15, -0.1) is 0 Å². The Hall–Kier alpha value is -3.93. The van der Waals surface area contributed by atoms with Gasteiger partial charge in [0.15, 0.2) is 0 Å². The van der Waals surface area contributed by atoms with Crippen molar-refractivity contribution < 1.29 is 32.2 Å². The number of aromatic nitrogens is 2. The zero-order valence-electron chi connectivity index (χ0n) is 16.4. The van der Waals surface area contributed by atoms with E-state index in [1.807, 2.05) is 0 Å². The van der Waals surface area contributed by atoms with Gasteiger partial charge in [-0.1, -0.05) is 0 Å². The van der Waals surface area contributed by atoms with Gasteiger partial charge >= 0.3 is 0 Å². The predicted octanol–water partition coefficient (Wildman–Crippen LogP) is 2.55. The molecule has 1 aromatic heterocycles. The number of halogens is 1. The molecule has 0 saturated carbocycles. The Bertz CT molecular complexity index is 1170. The molecular formula is C19H19FN4O6S. The summed E-state index contributed by atoms with van der Waals surface area (Å²) in [5, 5.41) is 9.52. The lowest BCUT2D eigenvalue weighted by Gasteiger charge is -2.12. The van der Waals surface area contributed by atoms with E-state index < -0.39 is 21.7 Å². The standard InChI is InChI=1S/C18H17FN4O4S.CH2O2/c1-27-17-8-14(3-4-15(17)23-28(2,25)26)22-18(24)12-5-11(6-13(19)7-12)16-9-20-10-21-16;2-1-3/h3-10,23H,1-2H3,(H,20,21)(H,22,24);1H,(H,2,3). The topological polar surface area (TPSA) is 150 Å². The van der Waals surface area contributed by atoms with E-state index in [1.165, 1.54) is 50.0 Å². The number of aromatic amines is 1. The Labute approximate surface area is 177 Å². The Morgan fingerprint density at radius 3 is 2.55 bits per heavy atom. The van der Waals surface area contributed by atoms with Gasteiger partial charge in [-0.2, -0.15) is 0 Å². The number of rotatable bonds is 6. The molecule has 0 atom stereocenters. The number of hydrogen-bond donors (Lipinski definition) is 4. The quantitative estimate of drug-likeness (QED) is 0.421. The number of carboxylic acid groups (broad SMARTS) is 1. The molecule has 0 aliphatic heterocycles. The summed E-state index contributed by atoms with van der Waals surface area (Å²) in [5.41, 5.74) is 1.75. The minimum atomic E-state index is -3.49. The first kappa shape index (κ1) is 23.3. The van der Waals surface area contributed by atoms with E-state index in [0.717, 1.165) is 12.3 Å². The van der Waals surface area contributed by atoms with E-state index >= 15 is 0 Å². The number of carbonyl (C=O) groups is 2. The third-order valence-electron chi connectivity index (χ3n) is 3.72. The number of nitrogens with zero attached hydrogens (tertiary/aromatic N) is 1.